The number of anilines is 1. The minimum Gasteiger partial charge on any atom is -0.350 e. The minimum atomic E-state index is 0.644. The van der Waals surface area contributed by atoms with Gasteiger partial charge in [-0.25, -0.2) is 4.98 Å². The van der Waals surface area contributed by atoms with Crippen molar-refractivity contribution in [3.05, 3.63) is 35.0 Å². The number of hydrogen-bond donors (Lipinski definition) is 1. The summed E-state index contributed by atoms with van der Waals surface area (Å²) in [6.07, 6.45) is 6.39. The van der Waals surface area contributed by atoms with E-state index in [-0.39, 0.29) is 0 Å². The van der Waals surface area contributed by atoms with E-state index in [1.54, 1.807) is 0 Å². The topological polar surface area (TPSA) is 28.2 Å². The second-order valence-electron chi connectivity index (χ2n) is 5.83. The molecule has 3 nitrogen and oxygen atoms in total. The third-order valence-corrected chi connectivity index (χ3v) is 3.80. The van der Waals surface area contributed by atoms with Gasteiger partial charge in [-0.3, -0.25) is 0 Å². The molecular weight excluding hydrogens is 314 g/mol. The molecule has 1 saturated carbocycles. The molecule has 0 unspecified atom stereocenters. The second-order valence-corrected chi connectivity index (χ2v) is 6.75. The molecule has 1 aromatic rings. The van der Waals surface area contributed by atoms with Crippen molar-refractivity contribution in [3.8, 4) is 0 Å². The van der Waals surface area contributed by atoms with Gasteiger partial charge in [-0.2, -0.15) is 0 Å². The lowest BCUT2D eigenvalue weighted by atomic mass is 10.2. The van der Waals surface area contributed by atoms with Crippen LogP contribution in [0.4, 0.5) is 5.82 Å². The van der Waals surface area contributed by atoms with E-state index in [1.807, 2.05) is 12.3 Å². The molecule has 0 saturated heterocycles. The van der Waals surface area contributed by atoms with Crippen molar-refractivity contribution in [3.63, 3.8) is 0 Å². The van der Waals surface area contributed by atoms with E-state index in [2.05, 4.69) is 57.6 Å². The van der Waals surface area contributed by atoms with E-state index in [1.165, 1.54) is 18.4 Å². The Morgan fingerprint density at radius 3 is 2.90 bits per heavy atom. The monoisotopic (exact) mass is 337 g/mol. The third kappa shape index (κ3) is 4.32. The Morgan fingerprint density at radius 1 is 1.55 bits per heavy atom. The van der Waals surface area contributed by atoms with Crippen molar-refractivity contribution in [1.82, 2.24) is 10.3 Å². The molecule has 1 aliphatic rings. The van der Waals surface area contributed by atoms with Crippen molar-refractivity contribution < 1.29 is 0 Å². The van der Waals surface area contributed by atoms with E-state index in [4.69, 9.17) is 0 Å². The largest absolute Gasteiger partial charge is 0.350 e. The summed E-state index contributed by atoms with van der Waals surface area (Å²) in [6, 6.07) is 2.82. The van der Waals surface area contributed by atoms with Crippen LogP contribution in [0.1, 0.15) is 32.3 Å². The number of nitrogens with one attached hydrogen (secondary N) is 1. The molecule has 20 heavy (non-hydrogen) atoms. The van der Waals surface area contributed by atoms with Gasteiger partial charge in [0, 0.05) is 35.4 Å². The molecular formula is C16H24BrN3. The lowest BCUT2D eigenvalue weighted by molar-refractivity contribution is 0.551. The maximum atomic E-state index is 4.65. The summed E-state index contributed by atoms with van der Waals surface area (Å²) < 4.78 is 1.04. The number of halogens is 1. The Hall–Kier alpha value is -0.870. The van der Waals surface area contributed by atoms with Crippen LogP contribution in [0, 0.1) is 5.92 Å². The van der Waals surface area contributed by atoms with Crippen molar-refractivity contribution in [2.24, 2.45) is 5.92 Å². The molecule has 1 aliphatic carbocycles. The van der Waals surface area contributed by atoms with Crippen molar-refractivity contribution >= 4 is 21.7 Å². The summed E-state index contributed by atoms with van der Waals surface area (Å²) in [7, 11) is 0. The van der Waals surface area contributed by atoms with Crippen LogP contribution in [0.25, 0.3) is 0 Å². The highest BCUT2D eigenvalue weighted by molar-refractivity contribution is 9.10. The van der Waals surface area contributed by atoms with Crippen LogP contribution in [-0.2, 0) is 6.54 Å². The first-order valence-electron chi connectivity index (χ1n) is 7.34. The first-order chi connectivity index (χ1) is 9.61. The summed E-state index contributed by atoms with van der Waals surface area (Å²) in [5.74, 6) is 1.76. The van der Waals surface area contributed by atoms with E-state index < -0.39 is 0 Å². The van der Waals surface area contributed by atoms with Crippen LogP contribution in [0.2, 0.25) is 0 Å². The van der Waals surface area contributed by atoms with E-state index in [0.717, 1.165) is 29.9 Å². The summed E-state index contributed by atoms with van der Waals surface area (Å²) in [5.41, 5.74) is 1.26. The molecule has 2 rings (SSSR count). The highest BCUT2D eigenvalue weighted by Gasteiger charge is 2.30. The molecule has 1 N–H and O–H groups in total. The predicted octanol–water partition coefficient (Wildman–Crippen LogP) is 3.74. The molecule has 0 atom stereocenters. The average molecular weight is 338 g/mol. The molecule has 0 aromatic carbocycles. The molecule has 0 aliphatic heterocycles. The number of aromatic nitrogens is 1. The highest BCUT2D eigenvalue weighted by Crippen LogP contribution is 2.33. The molecule has 0 amide bonds. The summed E-state index contributed by atoms with van der Waals surface area (Å²) in [4.78, 5) is 7.03. The number of rotatable bonds is 8. The number of pyridine rings is 1. The van der Waals surface area contributed by atoms with E-state index in [0.29, 0.717) is 12.0 Å². The SMILES string of the molecule is C=CCN(c1ncc(Br)cc1CNCC(C)C)C1CC1. The van der Waals surface area contributed by atoms with Gasteiger partial charge >= 0.3 is 0 Å². The van der Waals surface area contributed by atoms with Crippen LogP contribution in [0.5, 0.6) is 0 Å². The molecule has 4 heteroatoms. The van der Waals surface area contributed by atoms with Crippen LogP contribution >= 0.6 is 15.9 Å². The van der Waals surface area contributed by atoms with Gasteiger partial charge in [0.2, 0.25) is 0 Å². The van der Waals surface area contributed by atoms with E-state index >= 15 is 0 Å². The number of nitrogens with zero attached hydrogens (tertiary/aromatic N) is 2. The smallest absolute Gasteiger partial charge is 0.133 e. The fourth-order valence-corrected chi connectivity index (χ4v) is 2.67. The van der Waals surface area contributed by atoms with Crippen molar-refractivity contribution in [2.75, 3.05) is 18.0 Å². The molecule has 110 valence electrons. The Labute approximate surface area is 130 Å². The maximum absolute atomic E-state index is 4.65. The number of hydrogen-bond acceptors (Lipinski definition) is 3. The fourth-order valence-electron chi connectivity index (χ4n) is 2.29. The maximum Gasteiger partial charge on any atom is 0.133 e. The zero-order valence-corrected chi connectivity index (χ0v) is 14.0. The molecule has 0 spiro atoms. The van der Waals surface area contributed by atoms with Gasteiger partial charge < -0.3 is 10.2 Å². The Morgan fingerprint density at radius 2 is 2.30 bits per heavy atom. The molecule has 1 fully saturated rings. The third-order valence-electron chi connectivity index (χ3n) is 3.36. The average Bonchev–Trinajstić information content (AvgIpc) is 3.21. The van der Waals surface area contributed by atoms with Gasteiger partial charge in [-0.05, 0) is 47.3 Å². The molecule has 0 bridgehead atoms. The normalized spacial score (nSPS) is 14.6. The van der Waals surface area contributed by atoms with Gasteiger partial charge in [0.1, 0.15) is 5.82 Å². The lowest BCUT2D eigenvalue weighted by Gasteiger charge is -2.25. The quantitative estimate of drug-likeness (QED) is 0.732. The van der Waals surface area contributed by atoms with Crippen LogP contribution in [0.15, 0.2) is 29.4 Å². The first-order valence-corrected chi connectivity index (χ1v) is 8.13. The molecule has 1 aromatic heterocycles. The summed E-state index contributed by atoms with van der Waals surface area (Å²) in [6.45, 7) is 11.1. The molecule has 0 radical (unpaired) electrons. The molecule has 1 heterocycles. The zero-order chi connectivity index (χ0) is 14.5. The first kappa shape index (κ1) is 15.5. The Kier molecular flexibility index (Phi) is 5.61. The van der Waals surface area contributed by atoms with Crippen molar-refractivity contribution in [2.45, 2.75) is 39.3 Å². The van der Waals surface area contributed by atoms with E-state index in [9.17, 15) is 0 Å². The highest BCUT2D eigenvalue weighted by atomic mass is 79.9. The van der Waals surface area contributed by atoms with Gasteiger partial charge in [-0.15, -0.1) is 6.58 Å². The van der Waals surface area contributed by atoms with Gasteiger partial charge in [0.15, 0.2) is 0 Å². The standard InChI is InChI=1S/C16H24BrN3/c1-4-7-20(15-5-6-15)16-13(8-14(17)11-19-16)10-18-9-12(2)3/h4,8,11-12,15,18H,1,5-7,9-10H2,2-3H3. The van der Waals surface area contributed by atoms with Gasteiger partial charge in [0.25, 0.3) is 0 Å². The van der Waals surface area contributed by atoms with Gasteiger partial charge in [-0.1, -0.05) is 19.9 Å². The predicted molar refractivity (Wildman–Crippen MR) is 89.0 cm³/mol. The van der Waals surface area contributed by atoms with Crippen molar-refractivity contribution in [1.29, 1.82) is 0 Å². The summed E-state index contributed by atoms with van der Waals surface area (Å²) >= 11 is 3.53. The lowest BCUT2D eigenvalue weighted by Crippen LogP contribution is -2.29. The fraction of sp³-hybridized carbons (Fsp3) is 0.562. The Balaban J connectivity index is 2.15. The minimum absolute atomic E-state index is 0.644. The Bertz CT molecular complexity index is 455. The second kappa shape index (κ2) is 7.23. The van der Waals surface area contributed by atoms with Gasteiger partial charge in [0.05, 0.1) is 0 Å². The summed E-state index contributed by atoms with van der Waals surface area (Å²) in [5, 5.41) is 3.51. The van der Waals surface area contributed by atoms with Crippen LogP contribution in [-0.4, -0.2) is 24.1 Å². The zero-order valence-electron chi connectivity index (χ0n) is 12.4. The van der Waals surface area contributed by atoms with Crippen LogP contribution < -0.4 is 10.2 Å². The van der Waals surface area contributed by atoms with Crippen LogP contribution in [0.3, 0.4) is 0 Å².